The molecule has 1 aromatic heterocycles. The van der Waals surface area contributed by atoms with Crippen molar-refractivity contribution in [1.82, 2.24) is 4.98 Å². The van der Waals surface area contributed by atoms with E-state index >= 15 is 0 Å². The molecule has 2 nitrogen and oxygen atoms in total. The van der Waals surface area contributed by atoms with Gasteiger partial charge in [-0.15, -0.1) is 0 Å². The van der Waals surface area contributed by atoms with E-state index in [1.165, 1.54) is 0 Å². The van der Waals surface area contributed by atoms with Crippen LogP contribution in [0, 0.1) is 0 Å². The monoisotopic (exact) mass is 204 g/mol. The first-order valence-electron chi connectivity index (χ1n) is 4.24. The lowest BCUT2D eigenvalue weighted by Crippen LogP contribution is -1.92. The normalized spacial score (nSPS) is 10.1. The summed E-state index contributed by atoms with van der Waals surface area (Å²) in [5, 5.41) is 0.513. The van der Waals surface area contributed by atoms with E-state index in [1.54, 1.807) is 6.20 Å². The Kier molecular flexibility index (Phi) is 2.37. The van der Waals surface area contributed by atoms with E-state index in [2.05, 4.69) is 4.98 Å². The first kappa shape index (κ1) is 9.03. The molecule has 0 spiro atoms. The van der Waals surface area contributed by atoms with Crippen molar-refractivity contribution < 1.29 is 0 Å². The molecule has 0 aliphatic heterocycles. The van der Waals surface area contributed by atoms with E-state index in [0.29, 0.717) is 10.8 Å². The van der Waals surface area contributed by atoms with Crippen LogP contribution in [0.2, 0.25) is 5.02 Å². The quantitative estimate of drug-likeness (QED) is 0.776. The second-order valence-electron chi connectivity index (χ2n) is 2.92. The second kappa shape index (κ2) is 3.68. The van der Waals surface area contributed by atoms with Crippen molar-refractivity contribution in [2.45, 2.75) is 0 Å². The molecule has 0 atom stereocenters. The number of hydrogen-bond acceptors (Lipinski definition) is 2. The Balaban J connectivity index is 2.58. The second-order valence-corrected chi connectivity index (χ2v) is 3.30. The van der Waals surface area contributed by atoms with Gasteiger partial charge in [-0.1, -0.05) is 41.9 Å². The summed E-state index contributed by atoms with van der Waals surface area (Å²) >= 11 is 6.04. The zero-order chi connectivity index (χ0) is 9.97. The van der Waals surface area contributed by atoms with Crippen molar-refractivity contribution in [3.8, 4) is 11.1 Å². The van der Waals surface area contributed by atoms with Crippen LogP contribution in [0.15, 0.2) is 42.6 Å². The summed E-state index contributed by atoms with van der Waals surface area (Å²) in [6.45, 7) is 0. The topological polar surface area (TPSA) is 38.9 Å². The molecular formula is C11H9ClN2. The molecule has 14 heavy (non-hydrogen) atoms. The Morgan fingerprint density at radius 3 is 2.50 bits per heavy atom. The highest BCUT2D eigenvalue weighted by atomic mass is 35.5. The number of rotatable bonds is 1. The fourth-order valence-corrected chi connectivity index (χ4v) is 1.52. The van der Waals surface area contributed by atoms with Crippen LogP contribution in [0.3, 0.4) is 0 Å². The minimum atomic E-state index is 0.369. The molecule has 0 aliphatic rings. The van der Waals surface area contributed by atoms with Gasteiger partial charge in [0, 0.05) is 11.8 Å². The molecule has 2 N–H and O–H groups in total. The number of nitrogens with zero attached hydrogens (tertiary/aromatic N) is 1. The molecular weight excluding hydrogens is 196 g/mol. The van der Waals surface area contributed by atoms with Gasteiger partial charge in [0.15, 0.2) is 0 Å². The van der Waals surface area contributed by atoms with Crippen LogP contribution in [0.1, 0.15) is 0 Å². The Hall–Kier alpha value is -1.54. The van der Waals surface area contributed by atoms with Gasteiger partial charge in [-0.05, 0) is 11.6 Å². The summed E-state index contributed by atoms with van der Waals surface area (Å²) in [5.41, 5.74) is 7.58. The lowest BCUT2D eigenvalue weighted by Gasteiger charge is -2.05. The van der Waals surface area contributed by atoms with E-state index in [9.17, 15) is 0 Å². The van der Waals surface area contributed by atoms with Crippen molar-refractivity contribution in [2.75, 3.05) is 5.73 Å². The first-order chi connectivity index (χ1) is 6.79. The Morgan fingerprint density at radius 2 is 1.79 bits per heavy atom. The summed E-state index contributed by atoms with van der Waals surface area (Å²) < 4.78 is 0. The van der Waals surface area contributed by atoms with E-state index in [0.717, 1.165) is 11.1 Å². The molecule has 0 radical (unpaired) electrons. The van der Waals surface area contributed by atoms with E-state index in [4.69, 9.17) is 17.3 Å². The maximum atomic E-state index is 6.04. The number of nitrogen functional groups attached to an aromatic ring is 1. The molecule has 0 unspecified atom stereocenters. The van der Waals surface area contributed by atoms with Gasteiger partial charge in [-0.2, -0.15) is 0 Å². The van der Waals surface area contributed by atoms with Crippen molar-refractivity contribution in [3.05, 3.63) is 47.6 Å². The van der Waals surface area contributed by atoms with Crippen LogP contribution in [0.5, 0.6) is 0 Å². The molecule has 1 heterocycles. The number of nitrogens with two attached hydrogens (primary N) is 1. The number of benzene rings is 1. The number of pyridine rings is 1. The highest BCUT2D eigenvalue weighted by molar-refractivity contribution is 6.35. The van der Waals surface area contributed by atoms with Crippen LogP contribution in [-0.2, 0) is 0 Å². The Labute approximate surface area is 87.4 Å². The molecule has 0 aliphatic carbocycles. The molecule has 2 rings (SSSR count). The summed E-state index contributed by atoms with van der Waals surface area (Å²) in [4.78, 5) is 3.91. The SMILES string of the molecule is Nc1nccc(-c2ccccc2)c1Cl. The van der Waals surface area contributed by atoms with E-state index < -0.39 is 0 Å². The van der Waals surface area contributed by atoms with Gasteiger partial charge in [0.2, 0.25) is 0 Å². The van der Waals surface area contributed by atoms with Crippen LogP contribution in [-0.4, -0.2) is 4.98 Å². The van der Waals surface area contributed by atoms with Gasteiger partial charge < -0.3 is 5.73 Å². The number of halogens is 1. The van der Waals surface area contributed by atoms with Crippen LogP contribution in [0.25, 0.3) is 11.1 Å². The molecule has 2 aromatic rings. The number of aromatic nitrogens is 1. The first-order valence-corrected chi connectivity index (χ1v) is 4.62. The molecule has 1 aromatic carbocycles. The average Bonchev–Trinajstić information content (AvgIpc) is 2.23. The summed E-state index contributed by atoms with van der Waals surface area (Å²) in [7, 11) is 0. The summed E-state index contributed by atoms with van der Waals surface area (Å²) in [6, 6.07) is 11.7. The Morgan fingerprint density at radius 1 is 1.07 bits per heavy atom. The van der Waals surface area contributed by atoms with Crippen molar-refractivity contribution in [1.29, 1.82) is 0 Å². The Bertz CT molecular complexity index is 440. The van der Waals surface area contributed by atoms with Crippen LogP contribution >= 0.6 is 11.6 Å². The minimum absolute atomic E-state index is 0.369. The van der Waals surface area contributed by atoms with Gasteiger partial charge >= 0.3 is 0 Å². The summed E-state index contributed by atoms with van der Waals surface area (Å²) in [6.07, 6.45) is 1.66. The van der Waals surface area contributed by atoms with Gasteiger partial charge in [-0.3, -0.25) is 0 Å². The highest BCUT2D eigenvalue weighted by Crippen LogP contribution is 2.30. The summed E-state index contributed by atoms with van der Waals surface area (Å²) in [5.74, 6) is 0.369. The predicted molar refractivity (Wildman–Crippen MR) is 59.1 cm³/mol. The zero-order valence-corrected chi connectivity index (χ0v) is 8.20. The molecule has 0 saturated heterocycles. The maximum Gasteiger partial charge on any atom is 0.142 e. The van der Waals surface area contributed by atoms with Crippen LogP contribution in [0.4, 0.5) is 5.82 Å². The van der Waals surface area contributed by atoms with Crippen LogP contribution < -0.4 is 5.73 Å². The molecule has 0 saturated carbocycles. The van der Waals surface area contributed by atoms with Gasteiger partial charge in [0.05, 0.1) is 5.02 Å². The molecule has 0 bridgehead atoms. The number of hydrogen-bond donors (Lipinski definition) is 1. The molecule has 3 heteroatoms. The van der Waals surface area contributed by atoms with Crippen molar-refractivity contribution in [2.24, 2.45) is 0 Å². The fourth-order valence-electron chi connectivity index (χ4n) is 1.30. The van der Waals surface area contributed by atoms with Crippen molar-refractivity contribution in [3.63, 3.8) is 0 Å². The zero-order valence-electron chi connectivity index (χ0n) is 7.44. The largest absolute Gasteiger partial charge is 0.382 e. The van der Waals surface area contributed by atoms with Gasteiger partial charge in [0.25, 0.3) is 0 Å². The van der Waals surface area contributed by atoms with E-state index in [1.807, 2.05) is 36.4 Å². The van der Waals surface area contributed by atoms with Gasteiger partial charge in [-0.25, -0.2) is 4.98 Å². The third-order valence-electron chi connectivity index (χ3n) is 2.00. The third-order valence-corrected chi connectivity index (χ3v) is 2.40. The molecule has 70 valence electrons. The average molecular weight is 205 g/mol. The lowest BCUT2D eigenvalue weighted by atomic mass is 10.1. The van der Waals surface area contributed by atoms with Gasteiger partial charge in [0.1, 0.15) is 5.82 Å². The predicted octanol–water partition coefficient (Wildman–Crippen LogP) is 2.98. The molecule has 0 amide bonds. The standard InChI is InChI=1S/C11H9ClN2/c12-10-9(6-7-14-11(10)13)8-4-2-1-3-5-8/h1-7H,(H2,13,14). The minimum Gasteiger partial charge on any atom is -0.382 e. The number of anilines is 1. The lowest BCUT2D eigenvalue weighted by molar-refractivity contribution is 1.34. The molecule has 0 fully saturated rings. The van der Waals surface area contributed by atoms with E-state index in [-0.39, 0.29) is 0 Å². The highest BCUT2D eigenvalue weighted by Gasteiger charge is 2.05. The fraction of sp³-hybridized carbons (Fsp3) is 0. The smallest absolute Gasteiger partial charge is 0.142 e. The van der Waals surface area contributed by atoms with Crippen molar-refractivity contribution >= 4 is 17.4 Å². The maximum absolute atomic E-state index is 6.04. The third kappa shape index (κ3) is 1.56.